The number of hydrogen-bond acceptors (Lipinski definition) is 3. The number of carbonyl (C=O) groups is 1. The van der Waals surface area contributed by atoms with Gasteiger partial charge >= 0.3 is 0 Å². The van der Waals surface area contributed by atoms with E-state index in [2.05, 4.69) is 22.2 Å². The lowest BCUT2D eigenvalue weighted by atomic mass is 9.96. The Morgan fingerprint density at radius 2 is 1.52 bits per heavy atom. The van der Waals surface area contributed by atoms with Gasteiger partial charge in [0.2, 0.25) is 15.9 Å². The number of nitrogens with one attached hydrogen (secondary N) is 2. The van der Waals surface area contributed by atoms with Gasteiger partial charge < -0.3 is 5.32 Å². The molecule has 0 aliphatic rings. The van der Waals surface area contributed by atoms with Crippen LogP contribution in [0.5, 0.6) is 0 Å². The van der Waals surface area contributed by atoms with E-state index in [4.69, 9.17) is 11.6 Å². The van der Waals surface area contributed by atoms with Crippen LogP contribution in [0.3, 0.4) is 0 Å². The van der Waals surface area contributed by atoms with Gasteiger partial charge in [0.15, 0.2) is 0 Å². The number of aryl methyl sites for hydroxylation is 3. The van der Waals surface area contributed by atoms with Crippen molar-refractivity contribution >= 4 is 27.5 Å². The number of amides is 1. The Hall–Kier alpha value is -1.89. The lowest BCUT2D eigenvalue weighted by Gasteiger charge is -2.21. The average molecular weight is 409 g/mol. The van der Waals surface area contributed by atoms with E-state index < -0.39 is 22.0 Å². The summed E-state index contributed by atoms with van der Waals surface area (Å²) in [5.74, 6) is -0.391. The summed E-state index contributed by atoms with van der Waals surface area (Å²) < 4.78 is 27.2. The van der Waals surface area contributed by atoms with E-state index in [1.165, 1.54) is 36.8 Å². The fourth-order valence-electron chi connectivity index (χ4n) is 2.83. The molecule has 2 aromatic rings. The largest absolute Gasteiger partial charge is 0.348 e. The van der Waals surface area contributed by atoms with Crippen molar-refractivity contribution in [1.82, 2.24) is 10.0 Å². The summed E-state index contributed by atoms with van der Waals surface area (Å²) in [5, 5.41) is 3.32. The Labute approximate surface area is 166 Å². The van der Waals surface area contributed by atoms with Crippen LogP contribution >= 0.6 is 11.6 Å². The molecule has 0 unspecified atom stereocenters. The summed E-state index contributed by atoms with van der Waals surface area (Å²) in [4.78, 5) is 12.6. The van der Waals surface area contributed by atoms with Crippen LogP contribution in [0, 0.1) is 20.8 Å². The molecule has 27 heavy (non-hydrogen) atoms. The number of carbonyl (C=O) groups excluding carboxylic acids is 1. The van der Waals surface area contributed by atoms with Gasteiger partial charge in [0.25, 0.3) is 0 Å². The van der Waals surface area contributed by atoms with E-state index in [0.29, 0.717) is 5.02 Å². The van der Waals surface area contributed by atoms with Crippen molar-refractivity contribution in [3.05, 3.63) is 63.7 Å². The van der Waals surface area contributed by atoms with Crippen LogP contribution in [0.25, 0.3) is 0 Å². The first-order chi connectivity index (χ1) is 12.5. The SMILES string of the molecule is Cc1cc(C)c([C@@H](C)NC(=O)[C@H](C)NS(=O)(=O)c2ccc(Cl)cc2)cc1C. The molecule has 7 heteroatoms. The van der Waals surface area contributed by atoms with Crippen LogP contribution in [0.1, 0.15) is 42.1 Å². The van der Waals surface area contributed by atoms with Crippen LogP contribution in [-0.2, 0) is 14.8 Å². The zero-order valence-corrected chi connectivity index (χ0v) is 17.7. The van der Waals surface area contributed by atoms with E-state index in [-0.39, 0.29) is 10.9 Å². The average Bonchev–Trinajstić information content (AvgIpc) is 2.57. The van der Waals surface area contributed by atoms with E-state index in [1.54, 1.807) is 0 Å². The van der Waals surface area contributed by atoms with Crippen molar-refractivity contribution < 1.29 is 13.2 Å². The second kappa shape index (κ2) is 8.42. The Morgan fingerprint density at radius 1 is 0.963 bits per heavy atom. The van der Waals surface area contributed by atoms with Crippen molar-refractivity contribution in [2.24, 2.45) is 0 Å². The molecule has 0 spiro atoms. The van der Waals surface area contributed by atoms with Crippen molar-refractivity contribution in [2.75, 3.05) is 0 Å². The predicted molar refractivity (Wildman–Crippen MR) is 108 cm³/mol. The molecule has 0 bridgehead atoms. The highest BCUT2D eigenvalue weighted by atomic mass is 35.5. The van der Waals surface area contributed by atoms with Gasteiger partial charge in [-0.25, -0.2) is 8.42 Å². The molecule has 2 rings (SSSR count). The summed E-state index contributed by atoms with van der Waals surface area (Å²) in [6.45, 7) is 9.47. The minimum atomic E-state index is -3.81. The summed E-state index contributed by atoms with van der Waals surface area (Å²) in [6.07, 6.45) is 0. The number of halogens is 1. The van der Waals surface area contributed by atoms with Gasteiger partial charge in [0, 0.05) is 5.02 Å². The maximum atomic E-state index is 12.5. The van der Waals surface area contributed by atoms with Crippen LogP contribution in [-0.4, -0.2) is 20.4 Å². The first-order valence-corrected chi connectivity index (χ1v) is 10.5. The van der Waals surface area contributed by atoms with Crippen molar-refractivity contribution in [3.63, 3.8) is 0 Å². The van der Waals surface area contributed by atoms with Gasteiger partial charge in [-0.05, 0) is 81.1 Å². The van der Waals surface area contributed by atoms with Crippen molar-refractivity contribution in [2.45, 2.75) is 51.6 Å². The molecule has 0 saturated carbocycles. The molecule has 0 fully saturated rings. The molecule has 2 aromatic carbocycles. The maximum absolute atomic E-state index is 12.5. The molecule has 0 aromatic heterocycles. The molecule has 1 amide bonds. The second-order valence-electron chi connectivity index (χ2n) is 6.82. The van der Waals surface area contributed by atoms with Crippen LogP contribution in [0.4, 0.5) is 0 Å². The number of benzene rings is 2. The Balaban J connectivity index is 2.09. The highest BCUT2D eigenvalue weighted by Gasteiger charge is 2.23. The van der Waals surface area contributed by atoms with Gasteiger partial charge in [-0.15, -0.1) is 0 Å². The van der Waals surface area contributed by atoms with Gasteiger partial charge in [-0.2, -0.15) is 4.72 Å². The molecular weight excluding hydrogens is 384 g/mol. The predicted octanol–water partition coefficient (Wildman–Crippen LogP) is 3.81. The maximum Gasteiger partial charge on any atom is 0.241 e. The number of rotatable bonds is 6. The van der Waals surface area contributed by atoms with Crippen LogP contribution < -0.4 is 10.0 Å². The quantitative estimate of drug-likeness (QED) is 0.763. The van der Waals surface area contributed by atoms with Crippen molar-refractivity contribution in [3.8, 4) is 0 Å². The molecule has 2 N–H and O–H groups in total. The fourth-order valence-corrected chi connectivity index (χ4v) is 4.16. The zero-order valence-electron chi connectivity index (χ0n) is 16.1. The molecule has 146 valence electrons. The number of sulfonamides is 1. The second-order valence-corrected chi connectivity index (χ2v) is 8.97. The molecule has 0 aliphatic heterocycles. The Kier molecular flexibility index (Phi) is 6.68. The fraction of sp³-hybridized carbons (Fsp3) is 0.350. The molecule has 0 saturated heterocycles. The van der Waals surface area contributed by atoms with E-state index >= 15 is 0 Å². The molecule has 0 radical (unpaired) electrons. The highest BCUT2D eigenvalue weighted by Crippen LogP contribution is 2.22. The molecular formula is C20H25ClN2O3S. The zero-order chi connectivity index (χ0) is 20.4. The monoisotopic (exact) mass is 408 g/mol. The summed E-state index contributed by atoms with van der Waals surface area (Å²) in [6, 6.07) is 8.76. The number of hydrogen-bond donors (Lipinski definition) is 2. The van der Waals surface area contributed by atoms with E-state index in [1.807, 2.05) is 27.7 Å². The van der Waals surface area contributed by atoms with Gasteiger partial charge in [-0.3, -0.25) is 4.79 Å². The summed E-state index contributed by atoms with van der Waals surface area (Å²) in [7, 11) is -3.81. The van der Waals surface area contributed by atoms with Gasteiger partial charge in [-0.1, -0.05) is 23.7 Å². The first kappa shape index (κ1) is 21.4. The van der Waals surface area contributed by atoms with E-state index in [9.17, 15) is 13.2 Å². The molecule has 0 heterocycles. The van der Waals surface area contributed by atoms with Crippen LogP contribution in [0.2, 0.25) is 5.02 Å². The van der Waals surface area contributed by atoms with Gasteiger partial charge in [0.1, 0.15) is 0 Å². The summed E-state index contributed by atoms with van der Waals surface area (Å²) in [5.41, 5.74) is 4.44. The smallest absolute Gasteiger partial charge is 0.241 e. The standard InChI is InChI=1S/C20H25ClN2O3S/c1-12-10-14(3)19(11-13(12)2)15(4)22-20(24)16(5)23-27(25,26)18-8-6-17(21)7-9-18/h6-11,15-16,23H,1-5H3,(H,22,24)/t15-,16+/m1/s1. The minimum Gasteiger partial charge on any atom is -0.348 e. The van der Waals surface area contributed by atoms with E-state index in [0.717, 1.165) is 16.7 Å². The Morgan fingerprint density at radius 3 is 2.11 bits per heavy atom. The third-order valence-corrected chi connectivity index (χ3v) is 6.37. The highest BCUT2D eigenvalue weighted by molar-refractivity contribution is 7.89. The third-order valence-electron chi connectivity index (χ3n) is 4.56. The molecule has 2 atom stereocenters. The first-order valence-electron chi connectivity index (χ1n) is 8.67. The summed E-state index contributed by atoms with van der Waals surface area (Å²) >= 11 is 5.79. The Bertz CT molecular complexity index is 940. The van der Waals surface area contributed by atoms with Gasteiger partial charge in [0.05, 0.1) is 17.0 Å². The topological polar surface area (TPSA) is 75.3 Å². The lowest BCUT2D eigenvalue weighted by Crippen LogP contribution is -2.45. The van der Waals surface area contributed by atoms with Crippen LogP contribution in [0.15, 0.2) is 41.3 Å². The normalized spacial score (nSPS) is 13.9. The van der Waals surface area contributed by atoms with Crippen molar-refractivity contribution in [1.29, 1.82) is 0 Å². The third kappa shape index (κ3) is 5.31. The minimum absolute atomic E-state index is 0.0598. The molecule has 5 nitrogen and oxygen atoms in total. The molecule has 0 aliphatic carbocycles. The lowest BCUT2D eigenvalue weighted by molar-refractivity contribution is -0.123.